The van der Waals surface area contributed by atoms with Crippen molar-refractivity contribution in [3.8, 4) is 0 Å². The van der Waals surface area contributed by atoms with Gasteiger partial charge < -0.3 is 15.0 Å². The molecule has 2 aliphatic rings. The molecule has 20 heavy (non-hydrogen) atoms. The van der Waals surface area contributed by atoms with Crippen LogP contribution in [0.1, 0.15) is 39.0 Å². The minimum absolute atomic E-state index is 0.227. The smallest absolute Gasteiger partial charge is 0.254 e. The zero-order valence-electron chi connectivity index (χ0n) is 12.8. The maximum Gasteiger partial charge on any atom is 0.254 e. The third-order valence-corrected chi connectivity index (χ3v) is 5.70. The van der Waals surface area contributed by atoms with E-state index >= 15 is 0 Å². The van der Waals surface area contributed by atoms with Crippen LogP contribution in [0.25, 0.3) is 0 Å². The van der Waals surface area contributed by atoms with Crippen molar-refractivity contribution >= 4 is 17.7 Å². The summed E-state index contributed by atoms with van der Waals surface area (Å²) in [6.07, 6.45) is 5.20. The van der Waals surface area contributed by atoms with Crippen molar-refractivity contribution in [3.63, 3.8) is 0 Å². The van der Waals surface area contributed by atoms with Crippen molar-refractivity contribution in [3.05, 3.63) is 0 Å². The molecule has 2 fully saturated rings. The summed E-state index contributed by atoms with van der Waals surface area (Å²) in [6.45, 7) is 5.75. The molecular formula is C15H28N2O2S. The SMILES string of the molecule is CCSC1CCCCN(C(=O)C2(OC)CCNCC2)C1. The lowest BCUT2D eigenvalue weighted by Gasteiger charge is -2.39. The molecule has 2 heterocycles. The summed E-state index contributed by atoms with van der Waals surface area (Å²) in [5, 5.41) is 3.92. The summed E-state index contributed by atoms with van der Waals surface area (Å²) in [4.78, 5) is 15.1. The van der Waals surface area contributed by atoms with Crippen LogP contribution in [0.5, 0.6) is 0 Å². The molecule has 1 N–H and O–H groups in total. The summed E-state index contributed by atoms with van der Waals surface area (Å²) in [5.74, 6) is 1.36. The Morgan fingerprint density at radius 1 is 1.40 bits per heavy atom. The molecule has 1 atom stereocenters. The highest BCUT2D eigenvalue weighted by molar-refractivity contribution is 7.99. The number of nitrogens with zero attached hydrogens (tertiary/aromatic N) is 1. The first kappa shape index (κ1) is 16.1. The maximum absolute atomic E-state index is 13.0. The lowest BCUT2D eigenvalue weighted by Crippen LogP contribution is -2.56. The summed E-state index contributed by atoms with van der Waals surface area (Å²) >= 11 is 1.99. The van der Waals surface area contributed by atoms with Gasteiger partial charge in [-0.2, -0.15) is 11.8 Å². The molecule has 116 valence electrons. The van der Waals surface area contributed by atoms with Gasteiger partial charge in [0.25, 0.3) is 5.91 Å². The van der Waals surface area contributed by atoms with Gasteiger partial charge in [0.2, 0.25) is 0 Å². The minimum atomic E-state index is -0.572. The fourth-order valence-electron chi connectivity index (χ4n) is 3.28. The predicted octanol–water partition coefficient (Wildman–Crippen LogP) is 1.89. The van der Waals surface area contributed by atoms with Crippen LogP contribution >= 0.6 is 11.8 Å². The van der Waals surface area contributed by atoms with E-state index < -0.39 is 5.60 Å². The van der Waals surface area contributed by atoms with E-state index in [1.807, 2.05) is 11.8 Å². The lowest BCUT2D eigenvalue weighted by atomic mass is 9.90. The Morgan fingerprint density at radius 2 is 2.15 bits per heavy atom. The Balaban J connectivity index is 2.05. The van der Waals surface area contributed by atoms with Gasteiger partial charge >= 0.3 is 0 Å². The molecule has 5 heteroatoms. The number of hydrogen-bond acceptors (Lipinski definition) is 4. The molecule has 0 aliphatic carbocycles. The van der Waals surface area contributed by atoms with Crippen LogP contribution in [-0.2, 0) is 9.53 Å². The zero-order valence-corrected chi connectivity index (χ0v) is 13.6. The van der Waals surface area contributed by atoms with E-state index in [2.05, 4.69) is 17.1 Å². The van der Waals surface area contributed by atoms with Crippen LogP contribution in [0.15, 0.2) is 0 Å². The molecule has 2 rings (SSSR count). The largest absolute Gasteiger partial charge is 0.368 e. The van der Waals surface area contributed by atoms with Crippen LogP contribution in [0, 0.1) is 0 Å². The number of methoxy groups -OCH3 is 1. The van der Waals surface area contributed by atoms with Crippen molar-refractivity contribution in [2.75, 3.05) is 39.0 Å². The van der Waals surface area contributed by atoms with Gasteiger partial charge in [0.1, 0.15) is 5.60 Å². The Labute approximate surface area is 127 Å². The zero-order chi connectivity index (χ0) is 14.4. The first-order valence-corrected chi connectivity index (χ1v) is 8.93. The summed E-state index contributed by atoms with van der Waals surface area (Å²) in [5.41, 5.74) is -0.572. The number of likely N-dealkylation sites (tertiary alicyclic amines) is 1. The maximum atomic E-state index is 13.0. The number of rotatable bonds is 4. The summed E-state index contributed by atoms with van der Waals surface area (Å²) in [6, 6.07) is 0. The highest BCUT2D eigenvalue weighted by Gasteiger charge is 2.42. The number of nitrogens with one attached hydrogen (secondary N) is 1. The molecule has 0 saturated carbocycles. The number of thioether (sulfide) groups is 1. The van der Waals surface area contributed by atoms with Gasteiger partial charge in [0.05, 0.1) is 0 Å². The standard InChI is InChI=1S/C15H28N2O2S/c1-3-20-13-6-4-5-11-17(12-13)14(18)15(19-2)7-9-16-10-8-15/h13,16H,3-12H2,1-2H3. The molecule has 2 aliphatic heterocycles. The van der Waals surface area contributed by atoms with Crippen LogP contribution in [0.2, 0.25) is 0 Å². The molecule has 4 nitrogen and oxygen atoms in total. The van der Waals surface area contributed by atoms with E-state index in [4.69, 9.17) is 4.74 Å². The van der Waals surface area contributed by atoms with E-state index in [0.29, 0.717) is 5.25 Å². The van der Waals surface area contributed by atoms with Crippen molar-refractivity contribution in [1.82, 2.24) is 10.2 Å². The van der Waals surface area contributed by atoms with Crippen LogP contribution in [0.4, 0.5) is 0 Å². The number of amides is 1. The third-order valence-electron chi connectivity index (χ3n) is 4.51. The second-order valence-corrected chi connectivity index (χ2v) is 7.35. The fraction of sp³-hybridized carbons (Fsp3) is 0.933. The highest BCUT2D eigenvalue weighted by atomic mass is 32.2. The van der Waals surface area contributed by atoms with E-state index in [1.54, 1.807) is 7.11 Å². The Morgan fingerprint density at radius 3 is 2.80 bits per heavy atom. The van der Waals surface area contributed by atoms with Crippen LogP contribution < -0.4 is 5.32 Å². The van der Waals surface area contributed by atoms with Crippen LogP contribution in [-0.4, -0.2) is 60.7 Å². The molecule has 0 spiro atoms. The van der Waals surface area contributed by atoms with E-state index in [9.17, 15) is 4.79 Å². The van der Waals surface area contributed by atoms with Crippen molar-refractivity contribution in [2.24, 2.45) is 0 Å². The van der Waals surface area contributed by atoms with Crippen molar-refractivity contribution < 1.29 is 9.53 Å². The number of carbonyl (C=O) groups excluding carboxylic acids is 1. The van der Waals surface area contributed by atoms with Crippen molar-refractivity contribution in [1.29, 1.82) is 0 Å². The average Bonchev–Trinajstić information content (AvgIpc) is 2.73. The van der Waals surface area contributed by atoms with Gasteiger partial charge in [-0.1, -0.05) is 13.3 Å². The van der Waals surface area contributed by atoms with Gasteiger partial charge in [-0.25, -0.2) is 0 Å². The molecule has 1 amide bonds. The molecule has 0 bridgehead atoms. The Kier molecular flexibility index (Phi) is 6.18. The van der Waals surface area contributed by atoms with E-state index in [0.717, 1.165) is 51.2 Å². The first-order chi connectivity index (χ1) is 9.72. The van der Waals surface area contributed by atoms with Crippen molar-refractivity contribution in [2.45, 2.75) is 49.9 Å². The lowest BCUT2D eigenvalue weighted by molar-refractivity contribution is -0.158. The topological polar surface area (TPSA) is 41.6 Å². The average molecular weight is 300 g/mol. The van der Waals surface area contributed by atoms with Crippen LogP contribution in [0.3, 0.4) is 0 Å². The molecule has 2 saturated heterocycles. The molecule has 0 aromatic rings. The number of ether oxygens (including phenoxy) is 1. The predicted molar refractivity (Wildman–Crippen MR) is 84.2 cm³/mol. The normalized spacial score (nSPS) is 27.1. The third kappa shape index (κ3) is 3.68. The van der Waals surface area contributed by atoms with Gasteiger partial charge in [0.15, 0.2) is 0 Å². The van der Waals surface area contributed by atoms with Gasteiger partial charge in [-0.05, 0) is 44.5 Å². The van der Waals surface area contributed by atoms with Gasteiger partial charge in [-0.3, -0.25) is 4.79 Å². The van der Waals surface area contributed by atoms with Gasteiger partial charge in [-0.15, -0.1) is 0 Å². The first-order valence-electron chi connectivity index (χ1n) is 7.88. The molecule has 0 radical (unpaired) electrons. The minimum Gasteiger partial charge on any atom is -0.368 e. The Bertz CT molecular complexity index is 319. The molecule has 0 aromatic heterocycles. The summed E-state index contributed by atoms with van der Waals surface area (Å²) in [7, 11) is 1.69. The summed E-state index contributed by atoms with van der Waals surface area (Å²) < 4.78 is 5.69. The molecule has 0 aromatic carbocycles. The monoisotopic (exact) mass is 300 g/mol. The van der Waals surface area contributed by atoms with E-state index in [-0.39, 0.29) is 5.91 Å². The Hall–Kier alpha value is -0.260. The highest BCUT2D eigenvalue weighted by Crippen LogP contribution is 2.28. The second-order valence-electron chi connectivity index (χ2n) is 5.77. The number of piperidine rings is 1. The quantitative estimate of drug-likeness (QED) is 0.861. The number of carbonyl (C=O) groups is 1. The molecular weight excluding hydrogens is 272 g/mol. The fourth-order valence-corrected chi connectivity index (χ4v) is 4.37. The van der Waals surface area contributed by atoms with E-state index in [1.165, 1.54) is 12.8 Å². The second kappa shape index (κ2) is 7.66. The molecule has 1 unspecified atom stereocenters. The van der Waals surface area contributed by atoms with Gasteiger partial charge in [0, 0.05) is 25.4 Å². The number of hydrogen-bond donors (Lipinski definition) is 1.